The highest BCUT2D eigenvalue weighted by Gasteiger charge is 2.34. The molecule has 4 aromatic rings. The van der Waals surface area contributed by atoms with Crippen LogP contribution in [-0.2, 0) is 4.74 Å². The molecule has 0 fully saturated rings. The van der Waals surface area contributed by atoms with Gasteiger partial charge in [-0.25, -0.2) is 4.79 Å². The number of methoxy groups -OCH3 is 7. The minimum absolute atomic E-state index is 0.125. The number of phenols is 1. The van der Waals surface area contributed by atoms with Gasteiger partial charge in [0.15, 0.2) is 23.0 Å². The molecular formula is C31H30O10. The number of ketones is 1. The maximum absolute atomic E-state index is 14.2. The molecule has 214 valence electrons. The van der Waals surface area contributed by atoms with Crippen LogP contribution < -0.4 is 28.4 Å². The Morgan fingerprint density at radius 2 is 1.27 bits per heavy atom. The van der Waals surface area contributed by atoms with Crippen molar-refractivity contribution in [3.05, 3.63) is 65.2 Å². The zero-order valence-corrected chi connectivity index (χ0v) is 23.7. The summed E-state index contributed by atoms with van der Waals surface area (Å²) in [5, 5.41) is 12.2. The van der Waals surface area contributed by atoms with Crippen molar-refractivity contribution in [2.75, 3.05) is 49.8 Å². The molecule has 4 aromatic carbocycles. The summed E-state index contributed by atoms with van der Waals surface area (Å²) >= 11 is 0. The number of carbonyl (C=O) groups is 2. The Morgan fingerprint density at radius 1 is 0.634 bits per heavy atom. The standard InChI is InChI=1S/C31H30O10/c1-35-19-11-9-8-10-17(19)27(32)26-25(31(34)41-7)23(16-12-13-20(36-2)21(14-16)37-3)24-18(28(26)33)15-22(38-4)29(39-5)30(24)40-6/h8-15,33H,1-7H3. The molecule has 4 rings (SSSR count). The van der Waals surface area contributed by atoms with Gasteiger partial charge in [0.2, 0.25) is 11.5 Å². The minimum atomic E-state index is -0.873. The Kier molecular flexibility index (Phi) is 8.42. The molecule has 0 amide bonds. The molecule has 10 nitrogen and oxygen atoms in total. The molecule has 10 heteroatoms. The minimum Gasteiger partial charge on any atom is -0.506 e. The first-order valence-corrected chi connectivity index (χ1v) is 12.3. The first-order valence-electron chi connectivity index (χ1n) is 12.3. The summed E-state index contributed by atoms with van der Waals surface area (Å²) in [5.41, 5.74) is 0.286. The second-order valence-corrected chi connectivity index (χ2v) is 8.63. The van der Waals surface area contributed by atoms with Gasteiger partial charge in [-0.3, -0.25) is 4.79 Å². The molecule has 0 heterocycles. The van der Waals surface area contributed by atoms with Crippen molar-refractivity contribution in [2.45, 2.75) is 0 Å². The number of phenolic OH excluding ortho intramolecular Hbond substituents is 1. The highest BCUT2D eigenvalue weighted by atomic mass is 16.5. The lowest BCUT2D eigenvalue weighted by molar-refractivity contribution is 0.0598. The first-order chi connectivity index (χ1) is 19.8. The molecule has 0 aromatic heterocycles. The van der Waals surface area contributed by atoms with Crippen molar-refractivity contribution >= 4 is 22.5 Å². The molecular weight excluding hydrogens is 532 g/mol. The van der Waals surface area contributed by atoms with Crippen LogP contribution in [0.2, 0.25) is 0 Å². The maximum Gasteiger partial charge on any atom is 0.339 e. The molecule has 0 radical (unpaired) electrons. The smallest absolute Gasteiger partial charge is 0.339 e. The molecule has 41 heavy (non-hydrogen) atoms. The highest BCUT2D eigenvalue weighted by Crippen LogP contribution is 2.53. The van der Waals surface area contributed by atoms with Gasteiger partial charge in [-0.15, -0.1) is 0 Å². The lowest BCUT2D eigenvalue weighted by Gasteiger charge is -2.23. The van der Waals surface area contributed by atoms with E-state index in [2.05, 4.69) is 0 Å². The molecule has 0 aliphatic rings. The van der Waals surface area contributed by atoms with E-state index in [0.717, 1.165) is 0 Å². The second kappa shape index (κ2) is 12.0. The quantitative estimate of drug-likeness (QED) is 0.202. The Morgan fingerprint density at radius 3 is 1.85 bits per heavy atom. The highest BCUT2D eigenvalue weighted by molar-refractivity contribution is 6.25. The number of benzene rings is 4. The van der Waals surface area contributed by atoms with Crippen molar-refractivity contribution < 1.29 is 47.9 Å². The lowest BCUT2D eigenvalue weighted by Crippen LogP contribution is -2.15. The van der Waals surface area contributed by atoms with E-state index in [0.29, 0.717) is 17.1 Å². The molecule has 1 N–H and O–H groups in total. The normalized spacial score (nSPS) is 10.6. The van der Waals surface area contributed by atoms with E-state index in [1.54, 1.807) is 36.4 Å². The summed E-state index contributed by atoms with van der Waals surface area (Å²) in [6.45, 7) is 0. The third-order valence-electron chi connectivity index (χ3n) is 6.71. The van der Waals surface area contributed by atoms with E-state index in [9.17, 15) is 14.7 Å². The van der Waals surface area contributed by atoms with E-state index >= 15 is 0 Å². The average Bonchev–Trinajstić information content (AvgIpc) is 3.02. The number of esters is 1. The van der Waals surface area contributed by atoms with Crippen LogP contribution in [0.4, 0.5) is 0 Å². The number of rotatable bonds is 10. The number of hydrogen-bond donors (Lipinski definition) is 1. The van der Waals surface area contributed by atoms with Crippen LogP contribution in [0.3, 0.4) is 0 Å². The van der Waals surface area contributed by atoms with Gasteiger partial charge in [-0.2, -0.15) is 0 Å². The molecule has 0 aliphatic heterocycles. The lowest BCUT2D eigenvalue weighted by atomic mass is 9.85. The monoisotopic (exact) mass is 562 g/mol. The topological polar surface area (TPSA) is 119 Å². The molecule has 0 aliphatic carbocycles. The fourth-order valence-corrected chi connectivity index (χ4v) is 4.87. The largest absolute Gasteiger partial charge is 0.506 e. The number of para-hydroxylation sites is 1. The molecule has 0 atom stereocenters. The molecule has 0 spiro atoms. The molecule has 0 saturated heterocycles. The molecule has 0 saturated carbocycles. The molecule has 0 unspecified atom stereocenters. The summed E-state index contributed by atoms with van der Waals surface area (Å²) in [6.07, 6.45) is 0. The summed E-state index contributed by atoms with van der Waals surface area (Å²) in [7, 11) is 9.86. The van der Waals surface area contributed by atoms with E-state index < -0.39 is 17.5 Å². The van der Waals surface area contributed by atoms with E-state index in [-0.39, 0.29) is 56.0 Å². The van der Waals surface area contributed by atoms with Gasteiger partial charge >= 0.3 is 5.97 Å². The van der Waals surface area contributed by atoms with Gasteiger partial charge in [0.05, 0.1) is 66.5 Å². The Bertz CT molecular complexity index is 1640. The van der Waals surface area contributed by atoms with Gasteiger partial charge < -0.3 is 38.3 Å². The number of carbonyl (C=O) groups excluding carboxylic acids is 2. The Labute approximate surface area is 236 Å². The van der Waals surface area contributed by atoms with Gasteiger partial charge in [-0.1, -0.05) is 18.2 Å². The van der Waals surface area contributed by atoms with Crippen LogP contribution in [0.25, 0.3) is 21.9 Å². The van der Waals surface area contributed by atoms with Crippen molar-refractivity contribution in [1.29, 1.82) is 0 Å². The fraction of sp³-hybridized carbons (Fsp3) is 0.226. The Hall–Kier alpha value is -5.12. The second-order valence-electron chi connectivity index (χ2n) is 8.63. The van der Waals surface area contributed by atoms with Gasteiger partial charge in [0, 0.05) is 16.3 Å². The molecule has 0 bridgehead atoms. The van der Waals surface area contributed by atoms with Gasteiger partial charge in [-0.05, 0) is 35.9 Å². The predicted octanol–water partition coefficient (Wildman–Crippen LogP) is 5.28. The van der Waals surface area contributed by atoms with Crippen LogP contribution in [-0.4, -0.2) is 66.6 Å². The van der Waals surface area contributed by atoms with Gasteiger partial charge in [0.25, 0.3) is 0 Å². The third kappa shape index (κ3) is 4.77. The van der Waals surface area contributed by atoms with E-state index in [4.69, 9.17) is 33.2 Å². The number of aromatic hydroxyl groups is 1. The number of fused-ring (bicyclic) bond motifs is 1. The van der Waals surface area contributed by atoms with Crippen molar-refractivity contribution in [1.82, 2.24) is 0 Å². The SMILES string of the molecule is COC(=O)c1c(C(=O)c2ccccc2OC)c(O)c2cc(OC)c(OC)c(OC)c2c1-c1ccc(OC)c(OC)c1. The summed E-state index contributed by atoms with van der Waals surface area (Å²) in [5.74, 6) is -0.377. The van der Waals surface area contributed by atoms with Crippen molar-refractivity contribution in [3.8, 4) is 51.4 Å². The summed E-state index contributed by atoms with van der Waals surface area (Å²) in [4.78, 5) is 27.8. The first kappa shape index (κ1) is 28.9. The van der Waals surface area contributed by atoms with E-state index in [1.807, 2.05) is 0 Å². The Balaban J connectivity index is 2.32. The van der Waals surface area contributed by atoms with Gasteiger partial charge in [0.1, 0.15) is 11.5 Å². The zero-order chi connectivity index (χ0) is 29.8. The van der Waals surface area contributed by atoms with Crippen molar-refractivity contribution in [3.63, 3.8) is 0 Å². The predicted molar refractivity (Wildman–Crippen MR) is 152 cm³/mol. The van der Waals surface area contributed by atoms with Crippen LogP contribution in [0, 0.1) is 0 Å². The van der Waals surface area contributed by atoms with Crippen LogP contribution in [0.1, 0.15) is 26.3 Å². The number of ether oxygens (including phenoxy) is 7. The van der Waals surface area contributed by atoms with E-state index in [1.165, 1.54) is 61.9 Å². The van der Waals surface area contributed by atoms with Crippen LogP contribution in [0.15, 0.2) is 48.5 Å². The third-order valence-corrected chi connectivity index (χ3v) is 6.71. The number of hydrogen-bond acceptors (Lipinski definition) is 10. The van der Waals surface area contributed by atoms with Crippen LogP contribution in [0.5, 0.6) is 40.2 Å². The summed E-state index contributed by atoms with van der Waals surface area (Å²) < 4.78 is 38.4. The summed E-state index contributed by atoms with van der Waals surface area (Å²) in [6, 6.07) is 13.0. The maximum atomic E-state index is 14.2. The average molecular weight is 563 g/mol. The van der Waals surface area contributed by atoms with Crippen molar-refractivity contribution in [2.24, 2.45) is 0 Å². The van der Waals surface area contributed by atoms with Crippen LogP contribution >= 0.6 is 0 Å². The zero-order valence-electron chi connectivity index (χ0n) is 23.7. The fourth-order valence-electron chi connectivity index (χ4n) is 4.87.